The van der Waals surface area contributed by atoms with E-state index in [9.17, 15) is 0 Å². The van der Waals surface area contributed by atoms with E-state index in [1.807, 2.05) is 6.20 Å². The first-order chi connectivity index (χ1) is 15.4. The molecule has 0 spiro atoms. The zero-order valence-electron chi connectivity index (χ0n) is 20.6. The maximum absolute atomic E-state index is 6.29. The number of aromatic nitrogens is 2. The average molecular weight is 435 g/mol. The summed E-state index contributed by atoms with van der Waals surface area (Å²) in [5.41, 5.74) is 3.75. The van der Waals surface area contributed by atoms with E-state index in [2.05, 4.69) is 56.1 Å². The minimum absolute atomic E-state index is 0.368. The van der Waals surface area contributed by atoms with Crippen LogP contribution < -0.4 is 0 Å². The smallest absolute Gasteiger partial charge is 0.0650 e. The van der Waals surface area contributed by atoms with Crippen molar-refractivity contribution in [3.8, 4) is 0 Å². The predicted molar refractivity (Wildman–Crippen MR) is 131 cm³/mol. The van der Waals surface area contributed by atoms with Crippen LogP contribution in [0.4, 0.5) is 0 Å². The molecule has 3 nitrogen and oxygen atoms in total. The molecule has 6 rings (SSSR count). The summed E-state index contributed by atoms with van der Waals surface area (Å²) < 4.78 is 6.29. The molecule has 3 heteroatoms. The highest BCUT2D eigenvalue weighted by Gasteiger charge is 2.60. The fourth-order valence-electron chi connectivity index (χ4n) is 9.45. The number of hydrogen-bond acceptors (Lipinski definition) is 2. The molecule has 0 aliphatic heterocycles. The monoisotopic (exact) mass is 434 g/mol. The van der Waals surface area contributed by atoms with Crippen molar-refractivity contribution in [1.29, 1.82) is 0 Å². The molecule has 1 aromatic heterocycles. The molecular weight excluding hydrogens is 392 g/mol. The first-order valence-electron chi connectivity index (χ1n) is 13.5. The number of H-pyrrole nitrogens is 1. The normalized spacial score (nSPS) is 43.8. The van der Waals surface area contributed by atoms with Gasteiger partial charge in [-0.25, -0.2) is 0 Å². The van der Waals surface area contributed by atoms with E-state index >= 15 is 0 Å². The Morgan fingerprint density at radius 2 is 1.78 bits per heavy atom. The van der Waals surface area contributed by atoms with Crippen LogP contribution in [0.5, 0.6) is 0 Å². The van der Waals surface area contributed by atoms with Gasteiger partial charge in [-0.05, 0) is 130 Å². The summed E-state index contributed by atoms with van der Waals surface area (Å²) in [7, 11) is 0. The van der Waals surface area contributed by atoms with Gasteiger partial charge in [-0.3, -0.25) is 5.10 Å². The lowest BCUT2D eigenvalue weighted by Gasteiger charge is -2.61. The van der Waals surface area contributed by atoms with Crippen LogP contribution in [0.15, 0.2) is 24.4 Å². The molecule has 32 heavy (non-hydrogen) atoms. The van der Waals surface area contributed by atoms with Crippen molar-refractivity contribution in [1.82, 2.24) is 10.2 Å². The lowest BCUT2D eigenvalue weighted by atomic mass is 9.44. The number of ether oxygens (including phenoxy) is 1. The summed E-state index contributed by atoms with van der Waals surface area (Å²) in [6.45, 7) is 9.75. The Bertz CT molecular complexity index is 980. The SMILES string of the molecule is CC(C)O[C@@H]1CC[C@@]2(C)[C@@H](CC[C@@H]3[C@@H]2CC[C@]2(C)[C@@H](c4ccc5[nH]ncc5c4)CC[C@@H]32)C1. The summed E-state index contributed by atoms with van der Waals surface area (Å²) in [5, 5.41) is 8.65. The summed E-state index contributed by atoms with van der Waals surface area (Å²) in [6, 6.07) is 7.07. The van der Waals surface area contributed by atoms with Crippen molar-refractivity contribution in [3.05, 3.63) is 30.0 Å². The molecule has 2 aromatic rings. The lowest BCUT2D eigenvalue weighted by Crippen LogP contribution is -2.54. The third-order valence-electron chi connectivity index (χ3n) is 10.9. The van der Waals surface area contributed by atoms with Gasteiger partial charge in [-0.1, -0.05) is 19.9 Å². The molecule has 4 aliphatic rings. The van der Waals surface area contributed by atoms with E-state index < -0.39 is 0 Å². The van der Waals surface area contributed by atoms with Crippen LogP contribution in [0, 0.1) is 34.5 Å². The molecule has 0 radical (unpaired) electrons. The molecule has 1 heterocycles. The highest BCUT2D eigenvalue weighted by atomic mass is 16.5. The van der Waals surface area contributed by atoms with Gasteiger partial charge in [0.25, 0.3) is 0 Å². The van der Waals surface area contributed by atoms with E-state index in [1.165, 1.54) is 68.7 Å². The van der Waals surface area contributed by atoms with Gasteiger partial charge in [0.15, 0.2) is 0 Å². The van der Waals surface area contributed by atoms with Crippen LogP contribution in [-0.2, 0) is 4.74 Å². The van der Waals surface area contributed by atoms with Crippen LogP contribution >= 0.6 is 0 Å². The number of nitrogens with one attached hydrogen (secondary N) is 1. The van der Waals surface area contributed by atoms with Crippen LogP contribution in [0.1, 0.15) is 97.0 Å². The van der Waals surface area contributed by atoms with E-state index in [0.29, 0.717) is 29.0 Å². The molecule has 1 N–H and O–H groups in total. The van der Waals surface area contributed by atoms with Gasteiger partial charge < -0.3 is 4.74 Å². The molecule has 0 saturated heterocycles. The number of hydrogen-bond donors (Lipinski definition) is 1. The third-order valence-corrected chi connectivity index (χ3v) is 10.9. The van der Waals surface area contributed by atoms with Crippen LogP contribution in [0.25, 0.3) is 10.9 Å². The Balaban J connectivity index is 1.24. The third kappa shape index (κ3) is 3.13. The first kappa shape index (κ1) is 21.2. The fraction of sp³-hybridized carbons (Fsp3) is 0.759. The minimum atomic E-state index is 0.368. The van der Waals surface area contributed by atoms with Crippen molar-refractivity contribution in [2.75, 3.05) is 0 Å². The van der Waals surface area contributed by atoms with Gasteiger partial charge in [0.1, 0.15) is 0 Å². The molecule has 4 saturated carbocycles. The van der Waals surface area contributed by atoms with Gasteiger partial charge in [-0.2, -0.15) is 5.10 Å². The van der Waals surface area contributed by atoms with Crippen LogP contribution in [0.3, 0.4) is 0 Å². The molecule has 1 aromatic carbocycles. The lowest BCUT2D eigenvalue weighted by molar-refractivity contribution is -0.137. The van der Waals surface area contributed by atoms with Crippen LogP contribution in [-0.4, -0.2) is 22.4 Å². The highest BCUT2D eigenvalue weighted by Crippen LogP contribution is 2.69. The number of nitrogens with zero attached hydrogens (tertiary/aromatic N) is 1. The summed E-state index contributed by atoms with van der Waals surface area (Å²) in [4.78, 5) is 0. The standard InChI is InChI=1S/C29H42N2O/c1-18(2)32-22-11-13-28(3)21(16-22)6-7-23-25-9-8-24(29(25,4)14-12-26(23)28)19-5-10-27-20(15-19)17-30-31-27/h5,10,15,17-18,21-26H,6-9,11-14,16H2,1-4H3,(H,30,31)/t21-,22+,23-,24+,25-,26-,28-,29+/m0/s1. The fourth-order valence-corrected chi connectivity index (χ4v) is 9.45. The zero-order valence-corrected chi connectivity index (χ0v) is 20.6. The topological polar surface area (TPSA) is 37.9 Å². The van der Waals surface area contributed by atoms with E-state index in [1.54, 1.807) is 5.56 Å². The van der Waals surface area contributed by atoms with Gasteiger partial charge in [-0.15, -0.1) is 0 Å². The number of benzene rings is 1. The average Bonchev–Trinajstić information content (AvgIpc) is 3.36. The Labute approximate surface area is 194 Å². The molecule has 0 amide bonds. The van der Waals surface area contributed by atoms with E-state index in [-0.39, 0.29) is 0 Å². The van der Waals surface area contributed by atoms with Gasteiger partial charge >= 0.3 is 0 Å². The predicted octanol–water partition coefficient (Wildman–Crippen LogP) is 7.48. The number of rotatable bonds is 3. The maximum atomic E-state index is 6.29. The van der Waals surface area contributed by atoms with Gasteiger partial charge in [0, 0.05) is 5.39 Å². The second-order valence-electron chi connectivity index (χ2n) is 12.6. The second-order valence-corrected chi connectivity index (χ2v) is 12.6. The summed E-state index contributed by atoms with van der Waals surface area (Å²) in [6.07, 6.45) is 15.4. The second kappa shape index (κ2) is 7.58. The van der Waals surface area contributed by atoms with E-state index in [4.69, 9.17) is 4.74 Å². The molecule has 174 valence electrons. The quantitative estimate of drug-likeness (QED) is 0.543. The van der Waals surface area contributed by atoms with Crippen molar-refractivity contribution < 1.29 is 4.74 Å². The Morgan fingerprint density at radius 1 is 0.969 bits per heavy atom. The number of aromatic amines is 1. The molecule has 0 unspecified atom stereocenters. The van der Waals surface area contributed by atoms with Gasteiger partial charge in [0.05, 0.1) is 23.9 Å². The maximum Gasteiger partial charge on any atom is 0.0650 e. The van der Waals surface area contributed by atoms with Gasteiger partial charge in [0.2, 0.25) is 0 Å². The van der Waals surface area contributed by atoms with E-state index in [0.717, 1.165) is 23.7 Å². The highest BCUT2D eigenvalue weighted by molar-refractivity contribution is 5.78. The largest absolute Gasteiger partial charge is 0.376 e. The molecule has 0 bridgehead atoms. The molecule has 8 atom stereocenters. The van der Waals surface area contributed by atoms with Crippen molar-refractivity contribution in [2.24, 2.45) is 34.5 Å². The molecule has 4 aliphatic carbocycles. The number of fused-ring (bicyclic) bond motifs is 6. The van der Waals surface area contributed by atoms with Crippen molar-refractivity contribution in [2.45, 2.75) is 104 Å². The Morgan fingerprint density at radius 3 is 2.62 bits per heavy atom. The van der Waals surface area contributed by atoms with Crippen molar-refractivity contribution in [3.63, 3.8) is 0 Å². The summed E-state index contributed by atoms with van der Waals surface area (Å²) in [5.74, 6) is 4.39. The van der Waals surface area contributed by atoms with Crippen LogP contribution in [0.2, 0.25) is 0 Å². The molecule has 4 fully saturated rings. The molecular formula is C29H42N2O. The minimum Gasteiger partial charge on any atom is -0.376 e. The summed E-state index contributed by atoms with van der Waals surface area (Å²) >= 11 is 0. The first-order valence-corrected chi connectivity index (χ1v) is 13.5. The Hall–Kier alpha value is -1.35. The Kier molecular flexibility index (Phi) is 5.02. The zero-order chi connectivity index (χ0) is 22.1. The van der Waals surface area contributed by atoms with Crippen molar-refractivity contribution >= 4 is 10.9 Å².